The summed E-state index contributed by atoms with van der Waals surface area (Å²) in [4.78, 5) is 0. The molecule has 17 heavy (non-hydrogen) atoms. The van der Waals surface area contributed by atoms with Gasteiger partial charge in [-0.3, -0.25) is 0 Å². The van der Waals surface area contributed by atoms with Crippen molar-refractivity contribution in [2.24, 2.45) is 0 Å². The number of rotatable bonds is 10. The molecule has 0 aromatic rings. The predicted octanol–water partition coefficient (Wildman–Crippen LogP) is 2.52. The van der Waals surface area contributed by atoms with E-state index in [4.69, 9.17) is 9.47 Å². The molecule has 1 rings (SSSR count). The van der Waals surface area contributed by atoms with Crippen LogP contribution in [-0.4, -0.2) is 40.0 Å². The first-order chi connectivity index (χ1) is 8.43. The summed E-state index contributed by atoms with van der Waals surface area (Å²) >= 11 is 0. The van der Waals surface area contributed by atoms with Crippen molar-refractivity contribution in [3.8, 4) is 0 Å². The van der Waals surface area contributed by atoms with Crippen LogP contribution in [0, 0.1) is 0 Å². The summed E-state index contributed by atoms with van der Waals surface area (Å²) in [6.07, 6.45) is 10.1. The Morgan fingerprint density at radius 1 is 1.18 bits per heavy atom. The number of allylic oxidation sites excluding steroid dienone is 1. The standard InChI is InChI=1S/C14H27NO2/c1-16-12-13-17-11-5-9-15-10-8-14-6-3-2-4-7-14/h6,15H,2-5,7-13H2,1H3. The highest BCUT2D eigenvalue weighted by atomic mass is 16.5. The summed E-state index contributed by atoms with van der Waals surface area (Å²) in [6, 6.07) is 0. The Kier molecular flexibility index (Phi) is 9.29. The monoisotopic (exact) mass is 241 g/mol. The van der Waals surface area contributed by atoms with Crippen molar-refractivity contribution in [2.75, 3.05) is 40.0 Å². The van der Waals surface area contributed by atoms with Gasteiger partial charge in [0.2, 0.25) is 0 Å². The van der Waals surface area contributed by atoms with Crippen molar-refractivity contribution in [1.29, 1.82) is 0 Å². The molecular weight excluding hydrogens is 214 g/mol. The van der Waals surface area contributed by atoms with Gasteiger partial charge in [0, 0.05) is 13.7 Å². The molecule has 0 heterocycles. The molecule has 0 saturated heterocycles. The number of nitrogens with one attached hydrogen (secondary N) is 1. The molecule has 0 spiro atoms. The average Bonchev–Trinajstić information content (AvgIpc) is 2.38. The molecule has 0 aliphatic heterocycles. The number of methoxy groups -OCH3 is 1. The van der Waals surface area contributed by atoms with E-state index in [-0.39, 0.29) is 0 Å². The Morgan fingerprint density at radius 2 is 2.12 bits per heavy atom. The van der Waals surface area contributed by atoms with Crippen molar-refractivity contribution in [1.82, 2.24) is 5.32 Å². The van der Waals surface area contributed by atoms with Gasteiger partial charge < -0.3 is 14.8 Å². The van der Waals surface area contributed by atoms with Crippen molar-refractivity contribution < 1.29 is 9.47 Å². The van der Waals surface area contributed by atoms with Gasteiger partial charge in [0.15, 0.2) is 0 Å². The van der Waals surface area contributed by atoms with Gasteiger partial charge in [-0.25, -0.2) is 0 Å². The second kappa shape index (κ2) is 10.8. The van der Waals surface area contributed by atoms with Gasteiger partial charge in [-0.1, -0.05) is 11.6 Å². The van der Waals surface area contributed by atoms with Crippen LogP contribution < -0.4 is 5.32 Å². The number of hydrogen-bond donors (Lipinski definition) is 1. The molecule has 0 radical (unpaired) electrons. The Morgan fingerprint density at radius 3 is 2.88 bits per heavy atom. The second-order valence-corrected chi connectivity index (χ2v) is 4.57. The van der Waals surface area contributed by atoms with E-state index in [0.29, 0.717) is 13.2 Å². The van der Waals surface area contributed by atoms with Gasteiger partial charge in [0.1, 0.15) is 0 Å². The van der Waals surface area contributed by atoms with Crippen LogP contribution in [0.25, 0.3) is 0 Å². The molecule has 0 unspecified atom stereocenters. The van der Waals surface area contributed by atoms with Gasteiger partial charge in [0.25, 0.3) is 0 Å². The molecule has 3 nitrogen and oxygen atoms in total. The Hall–Kier alpha value is -0.380. The molecule has 0 saturated carbocycles. The van der Waals surface area contributed by atoms with E-state index >= 15 is 0 Å². The maximum absolute atomic E-state index is 5.39. The van der Waals surface area contributed by atoms with Crippen molar-refractivity contribution in [3.63, 3.8) is 0 Å². The third-order valence-corrected chi connectivity index (χ3v) is 3.08. The Balaban J connectivity index is 1.79. The van der Waals surface area contributed by atoms with Gasteiger partial charge in [-0.2, -0.15) is 0 Å². The molecule has 1 aliphatic rings. The molecule has 100 valence electrons. The number of hydrogen-bond acceptors (Lipinski definition) is 3. The highest BCUT2D eigenvalue weighted by molar-refractivity contribution is 5.05. The molecule has 0 aromatic carbocycles. The predicted molar refractivity (Wildman–Crippen MR) is 71.3 cm³/mol. The Bertz CT molecular complexity index is 204. The minimum Gasteiger partial charge on any atom is -0.382 e. The fraction of sp³-hybridized carbons (Fsp3) is 0.857. The maximum atomic E-state index is 5.39. The van der Waals surface area contributed by atoms with E-state index in [9.17, 15) is 0 Å². The first-order valence-corrected chi connectivity index (χ1v) is 6.89. The summed E-state index contributed by atoms with van der Waals surface area (Å²) in [5.41, 5.74) is 1.65. The van der Waals surface area contributed by atoms with Gasteiger partial charge in [-0.05, 0) is 51.6 Å². The quantitative estimate of drug-likeness (QED) is 0.471. The SMILES string of the molecule is COCCOCCCNCCC1=CCCCC1. The lowest BCUT2D eigenvalue weighted by molar-refractivity contribution is 0.0695. The lowest BCUT2D eigenvalue weighted by atomic mass is 9.97. The van der Waals surface area contributed by atoms with Crippen LogP contribution in [0.1, 0.15) is 38.5 Å². The van der Waals surface area contributed by atoms with Crippen molar-refractivity contribution >= 4 is 0 Å². The largest absolute Gasteiger partial charge is 0.382 e. The third kappa shape index (κ3) is 8.36. The highest BCUT2D eigenvalue weighted by Crippen LogP contribution is 2.19. The summed E-state index contributed by atoms with van der Waals surface area (Å²) in [7, 11) is 1.70. The summed E-state index contributed by atoms with van der Waals surface area (Å²) < 4.78 is 10.3. The van der Waals surface area contributed by atoms with Crippen LogP contribution in [0.15, 0.2) is 11.6 Å². The molecule has 0 atom stereocenters. The first kappa shape index (κ1) is 14.7. The van der Waals surface area contributed by atoms with Crippen molar-refractivity contribution in [3.05, 3.63) is 11.6 Å². The van der Waals surface area contributed by atoms with E-state index in [1.54, 1.807) is 12.7 Å². The normalized spacial score (nSPS) is 15.9. The minimum atomic E-state index is 0.696. The fourth-order valence-corrected chi connectivity index (χ4v) is 2.05. The average molecular weight is 241 g/mol. The van der Waals surface area contributed by atoms with Crippen LogP contribution in [0.4, 0.5) is 0 Å². The molecule has 0 fully saturated rings. The topological polar surface area (TPSA) is 30.5 Å². The van der Waals surface area contributed by atoms with Gasteiger partial charge in [-0.15, -0.1) is 0 Å². The number of ether oxygens (including phenoxy) is 2. The van der Waals surface area contributed by atoms with Crippen LogP contribution in [-0.2, 0) is 9.47 Å². The molecule has 0 aromatic heterocycles. The molecule has 1 aliphatic carbocycles. The van der Waals surface area contributed by atoms with E-state index in [1.165, 1.54) is 32.1 Å². The Labute approximate surface area is 106 Å². The fourth-order valence-electron chi connectivity index (χ4n) is 2.05. The van der Waals surface area contributed by atoms with E-state index in [1.807, 2.05) is 0 Å². The van der Waals surface area contributed by atoms with Crippen LogP contribution >= 0.6 is 0 Å². The van der Waals surface area contributed by atoms with Gasteiger partial charge >= 0.3 is 0 Å². The lowest BCUT2D eigenvalue weighted by Crippen LogP contribution is -2.19. The maximum Gasteiger partial charge on any atom is 0.0700 e. The molecule has 0 bridgehead atoms. The summed E-state index contributed by atoms with van der Waals surface area (Å²) in [5, 5.41) is 3.47. The van der Waals surface area contributed by atoms with Crippen LogP contribution in [0.2, 0.25) is 0 Å². The first-order valence-electron chi connectivity index (χ1n) is 6.89. The van der Waals surface area contributed by atoms with Gasteiger partial charge in [0.05, 0.1) is 13.2 Å². The zero-order chi connectivity index (χ0) is 12.2. The zero-order valence-electron chi connectivity index (χ0n) is 11.2. The lowest BCUT2D eigenvalue weighted by Gasteiger charge is -2.12. The minimum absolute atomic E-state index is 0.696. The molecule has 0 amide bonds. The molecule has 3 heteroatoms. The zero-order valence-corrected chi connectivity index (χ0v) is 11.2. The summed E-state index contributed by atoms with van der Waals surface area (Å²) in [6.45, 7) is 4.41. The summed E-state index contributed by atoms with van der Waals surface area (Å²) in [5.74, 6) is 0. The highest BCUT2D eigenvalue weighted by Gasteiger charge is 2.02. The van der Waals surface area contributed by atoms with Crippen LogP contribution in [0.5, 0.6) is 0 Å². The molecular formula is C14H27NO2. The van der Waals surface area contributed by atoms with E-state index in [2.05, 4.69) is 11.4 Å². The molecule has 1 N–H and O–H groups in total. The smallest absolute Gasteiger partial charge is 0.0700 e. The van der Waals surface area contributed by atoms with Crippen molar-refractivity contribution in [2.45, 2.75) is 38.5 Å². The van der Waals surface area contributed by atoms with E-state index < -0.39 is 0 Å². The third-order valence-electron chi connectivity index (χ3n) is 3.08. The second-order valence-electron chi connectivity index (χ2n) is 4.57. The van der Waals surface area contributed by atoms with E-state index in [0.717, 1.165) is 26.1 Å². The van der Waals surface area contributed by atoms with Crippen LogP contribution in [0.3, 0.4) is 0 Å².